The summed E-state index contributed by atoms with van der Waals surface area (Å²) in [5, 5.41) is 13.4. The largest absolute Gasteiger partial charge is 0.393 e. The first kappa shape index (κ1) is 17.9. The second-order valence-electron chi connectivity index (χ2n) is 8.23. The average molecular weight is 361 g/mol. The highest BCUT2D eigenvalue weighted by atomic mass is 16.3. The number of aliphatic hydroxyl groups excluding tert-OH is 1. The molecular weight excluding hydrogens is 328 g/mol. The van der Waals surface area contributed by atoms with Gasteiger partial charge < -0.3 is 20.2 Å². The van der Waals surface area contributed by atoms with Gasteiger partial charge in [-0.3, -0.25) is 4.90 Å². The van der Waals surface area contributed by atoms with Crippen LogP contribution in [0.3, 0.4) is 0 Å². The fourth-order valence-corrected chi connectivity index (χ4v) is 4.37. The van der Waals surface area contributed by atoms with Crippen molar-refractivity contribution in [1.82, 2.24) is 20.2 Å². The molecule has 1 aromatic heterocycles. The Bertz CT molecular complexity index is 623. The Kier molecular flexibility index (Phi) is 5.29. The van der Waals surface area contributed by atoms with Gasteiger partial charge >= 0.3 is 0 Å². The van der Waals surface area contributed by atoms with Crippen molar-refractivity contribution >= 4 is 11.8 Å². The average Bonchev–Trinajstić information content (AvgIpc) is 3.14. The number of nitrogens with zero attached hydrogens (tertiary/aromatic N) is 5. The third-order valence-corrected chi connectivity index (χ3v) is 5.95. The molecule has 0 spiro atoms. The smallest absolute Gasteiger partial charge is 0.227 e. The van der Waals surface area contributed by atoms with Crippen LogP contribution in [-0.4, -0.2) is 79.4 Å². The SMILES string of the molecule is CN(C)c1nc2c(c(N3CCC(O)CC3)n1)CN(C[C@H]1CCNC1)CC2. The Labute approximate surface area is 156 Å². The van der Waals surface area contributed by atoms with Gasteiger partial charge in [-0.25, -0.2) is 4.98 Å². The van der Waals surface area contributed by atoms with Crippen molar-refractivity contribution in [3.8, 4) is 0 Å². The predicted octanol–water partition coefficient (Wildman–Crippen LogP) is 0.471. The maximum atomic E-state index is 9.87. The van der Waals surface area contributed by atoms with Crippen molar-refractivity contribution in [2.75, 3.05) is 63.2 Å². The van der Waals surface area contributed by atoms with E-state index in [-0.39, 0.29) is 6.10 Å². The Morgan fingerprint density at radius 1 is 1.15 bits per heavy atom. The molecule has 2 saturated heterocycles. The Morgan fingerprint density at radius 3 is 2.65 bits per heavy atom. The predicted molar refractivity (Wildman–Crippen MR) is 104 cm³/mol. The molecule has 4 rings (SSSR count). The molecule has 0 bridgehead atoms. The van der Waals surface area contributed by atoms with Gasteiger partial charge in [0.2, 0.25) is 5.95 Å². The third kappa shape index (κ3) is 3.80. The molecule has 0 unspecified atom stereocenters. The molecule has 4 heterocycles. The van der Waals surface area contributed by atoms with E-state index in [1.165, 1.54) is 24.2 Å². The van der Waals surface area contributed by atoms with Crippen LogP contribution >= 0.6 is 0 Å². The minimum Gasteiger partial charge on any atom is -0.393 e. The lowest BCUT2D eigenvalue weighted by Crippen LogP contribution is -2.40. The summed E-state index contributed by atoms with van der Waals surface area (Å²) in [6.07, 6.45) is 3.78. The molecular formula is C19H32N6O. The number of aromatic nitrogens is 2. The zero-order chi connectivity index (χ0) is 18.1. The number of aliphatic hydroxyl groups is 1. The fourth-order valence-electron chi connectivity index (χ4n) is 4.37. The molecule has 0 radical (unpaired) electrons. The standard InChI is InChI=1S/C19H32N6O/c1-23(2)19-21-17-6-8-24(12-14-3-7-20-11-14)13-16(17)18(22-19)25-9-4-15(26)5-10-25/h14-15,20,26H,3-13H2,1-2H3/t14-/m0/s1. The Hall–Kier alpha value is -1.44. The first-order chi connectivity index (χ1) is 12.6. The zero-order valence-corrected chi connectivity index (χ0v) is 16.1. The fraction of sp³-hybridized carbons (Fsp3) is 0.789. The van der Waals surface area contributed by atoms with E-state index in [4.69, 9.17) is 9.97 Å². The zero-order valence-electron chi connectivity index (χ0n) is 16.1. The lowest BCUT2D eigenvalue weighted by atomic mass is 10.0. The van der Waals surface area contributed by atoms with Gasteiger partial charge in [-0.1, -0.05) is 0 Å². The summed E-state index contributed by atoms with van der Waals surface area (Å²) in [7, 11) is 4.02. The molecule has 2 N–H and O–H groups in total. The van der Waals surface area contributed by atoms with Crippen molar-refractivity contribution in [3.05, 3.63) is 11.3 Å². The normalized spacial score (nSPS) is 24.7. The first-order valence-electron chi connectivity index (χ1n) is 10.0. The van der Waals surface area contributed by atoms with E-state index >= 15 is 0 Å². The van der Waals surface area contributed by atoms with Crippen LogP contribution < -0.4 is 15.1 Å². The van der Waals surface area contributed by atoms with Gasteiger partial charge in [0.05, 0.1) is 11.8 Å². The highest BCUT2D eigenvalue weighted by Crippen LogP contribution is 2.31. The van der Waals surface area contributed by atoms with E-state index in [2.05, 4.69) is 15.1 Å². The van der Waals surface area contributed by atoms with Crippen LogP contribution in [0.15, 0.2) is 0 Å². The quantitative estimate of drug-likeness (QED) is 0.809. The maximum absolute atomic E-state index is 9.87. The number of nitrogens with one attached hydrogen (secondary N) is 1. The number of hydrogen-bond donors (Lipinski definition) is 2. The van der Waals surface area contributed by atoms with E-state index in [9.17, 15) is 5.11 Å². The van der Waals surface area contributed by atoms with Crippen molar-refractivity contribution in [2.45, 2.75) is 38.3 Å². The Balaban J connectivity index is 1.58. The van der Waals surface area contributed by atoms with E-state index in [1.807, 2.05) is 19.0 Å². The van der Waals surface area contributed by atoms with Crippen LogP contribution in [0.2, 0.25) is 0 Å². The molecule has 7 nitrogen and oxygen atoms in total. The van der Waals surface area contributed by atoms with Gasteiger partial charge in [0.15, 0.2) is 0 Å². The molecule has 0 saturated carbocycles. The third-order valence-electron chi connectivity index (χ3n) is 5.95. The van der Waals surface area contributed by atoms with Crippen molar-refractivity contribution in [1.29, 1.82) is 0 Å². The van der Waals surface area contributed by atoms with E-state index in [0.717, 1.165) is 76.2 Å². The van der Waals surface area contributed by atoms with Gasteiger partial charge in [-0.15, -0.1) is 0 Å². The molecule has 3 aliphatic rings. The highest BCUT2D eigenvalue weighted by Gasteiger charge is 2.29. The van der Waals surface area contributed by atoms with Gasteiger partial charge in [0.1, 0.15) is 5.82 Å². The van der Waals surface area contributed by atoms with Crippen molar-refractivity contribution < 1.29 is 5.11 Å². The number of anilines is 2. The summed E-state index contributed by atoms with van der Waals surface area (Å²) in [6.45, 7) is 7.27. The minimum absolute atomic E-state index is 0.163. The first-order valence-corrected chi connectivity index (χ1v) is 10.0. The van der Waals surface area contributed by atoms with Gasteiger partial charge in [0, 0.05) is 58.8 Å². The van der Waals surface area contributed by atoms with E-state index in [1.54, 1.807) is 0 Å². The summed E-state index contributed by atoms with van der Waals surface area (Å²) in [5.74, 6) is 2.67. The summed E-state index contributed by atoms with van der Waals surface area (Å²) < 4.78 is 0. The molecule has 0 aromatic carbocycles. The minimum atomic E-state index is -0.163. The van der Waals surface area contributed by atoms with Crippen LogP contribution in [-0.2, 0) is 13.0 Å². The van der Waals surface area contributed by atoms with Gasteiger partial charge in [0.25, 0.3) is 0 Å². The molecule has 26 heavy (non-hydrogen) atoms. The summed E-state index contributed by atoms with van der Waals surface area (Å²) in [4.78, 5) is 16.7. The number of fused-ring (bicyclic) bond motifs is 1. The molecule has 1 atom stereocenters. The molecule has 0 aliphatic carbocycles. The molecule has 0 amide bonds. The summed E-state index contributed by atoms with van der Waals surface area (Å²) in [5.41, 5.74) is 2.52. The molecule has 2 fully saturated rings. The highest BCUT2D eigenvalue weighted by molar-refractivity contribution is 5.54. The molecule has 3 aliphatic heterocycles. The van der Waals surface area contributed by atoms with Gasteiger partial charge in [-0.2, -0.15) is 4.98 Å². The maximum Gasteiger partial charge on any atom is 0.227 e. The lowest BCUT2D eigenvalue weighted by molar-refractivity contribution is 0.145. The van der Waals surface area contributed by atoms with Crippen LogP contribution in [0.4, 0.5) is 11.8 Å². The molecule has 1 aromatic rings. The Morgan fingerprint density at radius 2 is 1.96 bits per heavy atom. The summed E-state index contributed by atoms with van der Waals surface area (Å²) >= 11 is 0. The second-order valence-corrected chi connectivity index (χ2v) is 8.23. The van der Waals surface area contributed by atoms with Crippen molar-refractivity contribution in [2.24, 2.45) is 5.92 Å². The van der Waals surface area contributed by atoms with Crippen molar-refractivity contribution in [3.63, 3.8) is 0 Å². The van der Waals surface area contributed by atoms with Crippen LogP contribution in [0, 0.1) is 5.92 Å². The van der Waals surface area contributed by atoms with Crippen LogP contribution in [0.25, 0.3) is 0 Å². The van der Waals surface area contributed by atoms with E-state index in [0.29, 0.717) is 0 Å². The van der Waals surface area contributed by atoms with Crippen LogP contribution in [0.5, 0.6) is 0 Å². The summed E-state index contributed by atoms with van der Waals surface area (Å²) in [6, 6.07) is 0. The topological polar surface area (TPSA) is 67.8 Å². The molecule has 144 valence electrons. The van der Waals surface area contributed by atoms with E-state index < -0.39 is 0 Å². The van der Waals surface area contributed by atoms with Gasteiger partial charge in [-0.05, 0) is 38.3 Å². The number of hydrogen-bond acceptors (Lipinski definition) is 7. The second kappa shape index (κ2) is 7.66. The number of rotatable bonds is 4. The molecule has 7 heteroatoms. The number of piperidine rings is 1. The monoisotopic (exact) mass is 360 g/mol. The van der Waals surface area contributed by atoms with Crippen LogP contribution in [0.1, 0.15) is 30.5 Å². The lowest BCUT2D eigenvalue weighted by Gasteiger charge is -2.36.